The molecule has 0 aliphatic heterocycles. The SMILES string of the molecule is C=Cn1cc(CNc2ccc([N+](=O)[O-])cc2OC)cn1. The third kappa shape index (κ3) is 2.94. The number of hydrogen-bond donors (Lipinski definition) is 1. The van der Waals surface area contributed by atoms with Crippen molar-refractivity contribution in [2.45, 2.75) is 6.54 Å². The first kappa shape index (κ1) is 13.6. The first-order valence-electron chi connectivity index (χ1n) is 5.86. The van der Waals surface area contributed by atoms with Crippen molar-refractivity contribution in [2.75, 3.05) is 12.4 Å². The van der Waals surface area contributed by atoms with Gasteiger partial charge in [0.2, 0.25) is 0 Å². The molecule has 0 fully saturated rings. The molecule has 104 valence electrons. The van der Waals surface area contributed by atoms with Gasteiger partial charge < -0.3 is 10.1 Å². The Morgan fingerprint density at radius 1 is 1.60 bits per heavy atom. The van der Waals surface area contributed by atoms with Crippen LogP contribution in [0, 0.1) is 10.1 Å². The molecule has 0 spiro atoms. The molecule has 1 heterocycles. The molecule has 0 unspecified atom stereocenters. The summed E-state index contributed by atoms with van der Waals surface area (Å²) in [5.41, 5.74) is 1.64. The quantitative estimate of drug-likeness (QED) is 0.646. The lowest BCUT2D eigenvalue weighted by Crippen LogP contribution is -2.01. The molecule has 0 bridgehead atoms. The van der Waals surface area contributed by atoms with Crippen LogP contribution < -0.4 is 10.1 Å². The van der Waals surface area contributed by atoms with E-state index in [1.54, 1.807) is 23.1 Å². The van der Waals surface area contributed by atoms with Gasteiger partial charge in [-0.15, -0.1) is 0 Å². The van der Waals surface area contributed by atoms with Crippen molar-refractivity contribution in [2.24, 2.45) is 0 Å². The summed E-state index contributed by atoms with van der Waals surface area (Å²) in [4.78, 5) is 10.2. The molecule has 1 aromatic heterocycles. The Hall–Kier alpha value is -2.83. The Balaban J connectivity index is 2.12. The fraction of sp³-hybridized carbons (Fsp3) is 0.154. The van der Waals surface area contributed by atoms with Crippen molar-refractivity contribution < 1.29 is 9.66 Å². The third-order valence-corrected chi connectivity index (χ3v) is 2.72. The lowest BCUT2D eigenvalue weighted by molar-refractivity contribution is -0.384. The molecule has 0 aliphatic rings. The Kier molecular flexibility index (Phi) is 3.99. The second-order valence-electron chi connectivity index (χ2n) is 4.01. The monoisotopic (exact) mass is 274 g/mol. The van der Waals surface area contributed by atoms with E-state index in [1.165, 1.54) is 19.2 Å². The second kappa shape index (κ2) is 5.87. The van der Waals surface area contributed by atoms with E-state index in [2.05, 4.69) is 17.0 Å². The minimum atomic E-state index is -0.458. The average molecular weight is 274 g/mol. The zero-order chi connectivity index (χ0) is 14.5. The van der Waals surface area contributed by atoms with Crippen molar-refractivity contribution in [1.82, 2.24) is 9.78 Å². The summed E-state index contributed by atoms with van der Waals surface area (Å²) in [6, 6.07) is 4.43. The first-order valence-corrected chi connectivity index (χ1v) is 5.86. The van der Waals surface area contributed by atoms with E-state index in [9.17, 15) is 10.1 Å². The number of non-ortho nitro benzene ring substituents is 1. The number of hydrogen-bond acceptors (Lipinski definition) is 5. The number of ether oxygens (including phenoxy) is 1. The number of nitro benzene ring substituents is 1. The Labute approximate surface area is 115 Å². The predicted octanol–water partition coefficient (Wildman–Crippen LogP) is 2.51. The molecular weight excluding hydrogens is 260 g/mol. The number of anilines is 1. The summed E-state index contributed by atoms with van der Waals surface area (Å²) in [5, 5.41) is 17.9. The van der Waals surface area contributed by atoms with Crippen LogP contribution in [0.2, 0.25) is 0 Å². The molecule has 20 heavy (non-hydrogen) atoms. The van der Waals surface area contributed by atoms with Crippen LogP contribution in [0.5, 0.6) is 5.75 Å². The van der Waals surface area contributed by atoms with E-state index in [0.29, 0.717) is 18.0 Å². The Bertz CT molecular complexity index is 636. The van der Waals surface area contributed by atoms with Gasteiger partial charge in [-0.05, 0) is 6.07 Å². The maximum absolute atomic E-state index is 10.7. The zero-order valence-corrected chi connectivity index (χ0v) is 10.9. The van der Waals surface area contributed by atoms with Gasteiger partial charge in [-0.3, -0.25) is 10.1 Å². The molecule has 1 aromatic carbocycles. The topological polar surface area (TPSA) is 82.2 Å². The van der Waals surface area contributed by atoms with Crippen LogP contribution in [0.1, 0.15) is 5.56 Å². The van der Waals surface area contributed by atoms with E-state index in [0.717, 1.165) is 5.56 Å². The van der Waals surface area contributed by atoms with E-state index in [4.69, 9.17) is 4.74 Å². The largest absolute Gasteiger partial charge is 0.494 e. The normalized spacial score (nSPS) is 10.1. The van der Waals surface area contributed by atoms with Crippen molar-refractivity contribution in [3.63, 3.8) is 0 Å². The van der Waals surface area contributed by atoms with Crippen LogP contribution in [0.15, 0.2) is 37.2 Å². The standard InChI is InChI=1S/C13H14N4O3/c1-3-16-9-10(8-15-16)7-14-12-5-4-11(17(18)19)6-13(12)20-2/h3-6,8-9,14H,1,7H2,2H3. The molecule has 0 amide bonds. The molecule has 2 aromatic rings. The molecular formula is C13H14N4O3. The Morgan fingerprint density at radius 2 is 2.40 bits per heavy atom. The predicted molar refractivity (Wildman–Crippen MR) is 75.6 cm³/mol. The molecule has 0 atom stereocenters. The van der Waals surface area contributed by atoms with Crippen LogP contribution in [-0.4, -0.2) is 21.8 Å². The first-order chi connectivity index (χ1) is 9.63. The maximum atomic E-state index is 10.7. The highest BCUT2D eigenvalue weighted by Crippen LogP contribution is 2.29. The smallest absolute Gasteiger partial charge is 0.273 e. The van der Waals surface area contributed by atoms with Crippen LogP contribution in [-0.2, 0) is 6.54 Å². The molecule has 7 heteroatoms. The van der Waals surface area contributed by atoms with Crippen LogP contribution in [0.4, 0.5) is 11.4 Å². The highest BCUT2D eigenvalue weighted by molar-refractivity contribution is 5.60. The summed E-state index contributed by atoms with van der Waals surface area (Å²) in [6.45, 7) is 4.14. The highest BCUT2D eigenvalue weighted by Gasteiger charge is 2.11. The van der Waals surface area contributed by atoms with Gasteiger partial charge in [-0.25, -0.2) is 4.68 Å². The van der Waals surface area contributed by atoms with Gasteiger partial charge in [-0.2, -0.15) is 5.10 Å². The lowest BCUT2D eigenvalue weighted by atomic mass is 10.2. The Morgan fingerprint density at radius 3 is 3.00 bits per heavy atom. The van der Waals surface area contributed by atoms with E-state index < -0.39 is 4.92 Å². The van der Waals surface area contributed by atoms with Crippen LogP contribution in [0.25, 0.3) is 6.20 Å². The number of methoxy groups -OCH3 is 1. The third-order valence-electron chi connectivity index (χ3n) is 2.72. The molecule has 7 nitrogen and oxygen atoms in total. The second-order valence-corrected chi connectivity index (χ2v) is 4.01. The average Bonchev–Trinajstić information content (AvgIpc) is 2.92. The van der Waals surface area contributed by atoms with Crippen molar-refractivity contribution in [3.05, 3.63) is 52.8 Å². The minimum absolute atomic E-state index is 0.00752. The molecule has 1 N–H and O–H groups in total. The van der Waals surface area contributed by atoms with Crippen molar-refractivity contribution in [3.8, 4) is 5.75 Å². The number of nitro groups is 1. The maximum Gasteiger partial charge on any atom is 0.273 e. The molecule has 0 saturated carbocycles. The van der Waals surface area contributed by atoms with Gasteiger partial charge in [-0.1, -0.05) is 6.58 Å². The summed E-state index contributed by atoms with van der Waals surface area (Å²) < 4.78 is 6.75. The molecule has 0 aliphatic carbocycles. The molecule has 0 radical (unpaired) electrons. The summed E-state index contributed by atoms with van der Waals surface area (Å²) in [7, 11) is 1.47. The van der Waals surface area contributed by atoms with Gasteiger partial charge in [0.05, 0.1) is 30.0 Å². The van der Waals surface area contributed by atoms with Crippen LogP contribution >= 0.6 is 0 Å². The van der Waals surface area contributed by atoms with E-state index in [1.807, 2.05) is 6.20 Å². The van der Waals surface area contributed by atoms with Crippen molar-refractivity contribution in [1.29, 1.82) is 0 Å². The number of benzene rings is 1. The number of aromatic nitrogens is 2. The highest BCUT2D eigenvalue weighted by atomic mass is 16.6. The fourth-order valence-electron chi connectivity index (χ4n) is 1.71. The zero-order valence-electron chi connectivity index (χ0n) is 10.9. The fourth-order valence-corrected chi connectivity index (χ4v) is 1.71. The molecule has 2 rings (SSSR count). The van der Waals surface area contributed by atoms with Crippen molar-refractivity contribution >= 4 is 17.6 Å². The number of nitrogens with zero attached hydrogens (tertiary/aromatic N) is 3. The number of rotatable bonds is 6. The van der Waals surface area contributed by atoms with Gasteiger partial charge in [0.1, 0.15) is 5.75 Å². The van der Waals surface area contributed by atoms with E-state index >= 15 is 0 Å². The molecule has 0 saturated heterocycles. The van der Waals surface area contributed by atoms with Gasteiger partial charge in [0, 0.05) is 30.6 Å². The number of nitrogens with one attached hydrogen (secondary N) is 1. The summed E-state index contributed by atoms with van der Waals surface area (Å²) >= 11 is 0. The van der Waals surface area contributed by atoms with Gasteiger partial charge in [0.15, 0.2) is 0 Å². The van der Waals surface area contributed by atoms with E-state index in [-0.39, 0.29) is 5.69 Å². The van der Waals surface area contributed by atoms with Crippen LogP contribution in [0.3, 0.4) is 0 Å². The van der Waals surface area contributed by atoms with Gasteiger partial charge in [0.25, 0.3) is 5.69 Å². The minimum Gasteiger partial charge on any atom is -0.494 e. The summed E-state index contributed by atoms with van der Waals surface area (Å²) in [6.07, 6.45) is 5.14. The summed E-state index contributed by atoms with van der Waals surface area (Å²) in [5.74, 6) is 0.426. The van der Waals surface area contributed by atoms with Gasteiger partial charge >= 0.3 is 0 Å². The lowest BCUT2D eigenvalue weighted by Gasteiger charge is -2.09.